The molecule has 1 saturated carbocycles. The van der Waals surface area contributed by atoms with Crippen LogP contribution in [0.2, 0.25) is 0 Å². The summed E-state index contributed by atoms with van der Waals surface area (Å²) in [5.74, 6) is 0. The van der Waals surface area contributed by atoms with Gasteiger partial charge in [-0.1, -0.05) is 0 Å². The first-order valence-electron chi connectivity index (χ1n) is 8.36. The van der Waals surface area contributed by atoms with E-state index in [1.165, 1.54) is 5.56 Å². The highest BCUT2D eigenvalue weighted by Crippen LogP contribution is 2.35. The van der Waals surface area contributed by atoms with Crippen molar-refractivity contribution in [2.75, 3.05) is 26.2 Å². The van der Waals surface area contributed by atoms with Crippen molar-refractivity contribution in [2.45, 2.75) is 43.2 Å². The molecule has 1 aliphatic carbocycles. The molecule has 1 aromatic rings. The second-order valence-electron chi connectivity index (χ2n) is 6.88. The van der Waals surface area contributed by atoms with Crippen molar-refractivity contribution in [1.29, 1.82) is 0 Å². The highest BCUT2D eigenvalue weighted by molar-refractivity contribution is 7.90. The van der Waals surface area contributed by atoms with Crippen molar-refractivity contribution < 1.29 is 13.2 Å². The average Bonchev–Trinajstić information content (AvgIpc) is 3.31. The van der Waals surface area contributed by atoms with Crippen LogP contribution in [0.5, 0.6) is 0 Å². The van der Waals surface area contributed by atoms with Gasteiger partial charge in [-0.15, -0.1) is 0 Å². The summed E-state index contributed by atoms with van der Waals surface area (Å²) in [6.07, 6.45) is 6.46. The maximum absolute atomic E-state index is 12.7. The summed E-state index contributed by atoms with van der Waals surface area (Å²) in [7, 11) is -1.23. The van der Waals surface area contributed by atoms with Crippen molar-refractivity contribution in [3.63, 3.8) is 0 Å². The average molecular weight is 340 g/mol. The van der Waals surface area contributed by atoms with Crippen LogP contribution >= 0.6 is 0 Å². The van der Waals surface area contributed by atoms with Crippen molar-refractivity contribution in [3.8, 4) is 0 Å². The van der Waals surface area contributed by atoms with Gasteiger partial charge in [0, 0.05) is 45.0 Å². The number of hydrogen-bond donors (Lipinski definition) is 0. The van der Waals surface area contributed by atoms with Gasteiger partial charge in [0.2, 0.25) is 10.0 Å². The third kappa shape index (κ3) is 3.05. The van der Waals surface area contributed by atoms with E-state index in [0.29, 0.717) is 13.2 Å². The molecule has 0 spiro atoms. The van der Waals surface area contributed by atoms with E-state index in [2.05, 4.69) is 10.00 Å². The van der Waals surface area contributed by atoms with Crippen LogP contribution in [-0.4, -0.2) is 71.0 Å². The lowest BCUT2D eigenvalue weighted by atomic mass is 10.0. The Kier molecular flexibility index (Phi) is 3.95. The largest absolute Gasteiger partial charge is 0.375 e. The first-order valence-corrected chi connectivity index (χ1v) is 9.86. The van der Waals surface area contributed by atoms with E-state index in [-0.39, 0.29) is 17.4 Å². The predicted octanol–water partition coefficient (Wildman–Crippen LogP) is 0.187. The third-order valence-corrected chi connectivity index (χ3v) is 7.48. The number of fused-ring (bicyclic) bond motifs is 1. The third-order valence-electron chi connectivity index (χ3n) is 5.05. The zero-order valence-electron chi connectivity index (χ0n) is 13.5. The lowest BCUT2D eigenvalue weighted by Gasteiger charge is -2.46. The lowest BCUT2D eigenvalue weighted by molar-refractivity contribution is -0.0770. The highest BCUT2D eigenvalue weighted by atomic mass is 32.2. The van der Waals surface area contributed by atoms with Gasteiger partial charge < -0.3 is 4.74 Å². The maximum atomic E-state index is 12.7. The van der Waals surface area contributed by atoms with Gasteiger partial charge in [0.05, 0.1) is 30.2 Å². The van der Waals surface area contributed by atoms with E-state index >= 15 is 0 Å². The van der Waals surface area contributed by atoms with Crippen molar-refractivity contribution in [2.24, 2.45) is 7.05 Å². The summed E-state index contributed by atoms with van der Waals surface area (Å²) < 4.78 is 34.8. The Labute approximate surface area is 137 Å². The number of piperidine rings is 1. The second kappa shape index (κ2) is 5.84. The quantitative estimate of drug-likeness (QED) is 0.783. The predicted molar refractivity (Wildman–Crippen MR) is 85.3 cm³/mol. The van der Waals surface area contributed by atoms with Crippen LogP contribution in [-0.2, 0) is 28.4 Å². The molecule has 2 saturated heterocycles. The molecule has 0 radical (unpaired) electrons. The van der Waals surface area contributed by atoms with Gasteiger partial charge in [0.25, 0.3) is 0 Å². The Hall–Kier alpha value is -0.960. The van der Waals surface area contributed by atoms with E-state index < -0.39 is 10.0 Å². The van der Waals surface area contributed by atoms with Crippen LogP contribution in [0.1, 0.15) is 24.8 Å². The summed E-state index contributed by atoms with van der Waals surface area (Å²) in [5.41, 5.74) is 1.17. The fourth-order valence-electron chi connectivity index (χ4n) is 3.74. The zero-order chi connectivity index (χ0) is 16.0. The van der Waals surface area contributed by atoms with E-state index in [4.69, 9.17) is 4.74 Å². The Bertz CT molecular complexity index is 670. The number of sulfonamides is 1. The fraction of sp³-hybridized carbons (Fsp3) is 0.800. The van der Waals surface area contributed by atoms with Crippen LogP contribution in [0.25, 0.3) is 0 Å². The second-order valence-corrected chi connectivity index (χ2v) is 9.04. The van der Waals surface area contributed by atoms with Crippen LogP contribution in [0.15, 0.2) is 12.4 Å². The molecular weight excluding hydrogens is 316 g/mol. The van der Waals surface area contributed by atoms with Crippen LogP contribution < -0.4 is 0 Å². The van der Waals surface area contributed by atoms with Crippen molar-refractivity contribution >= 4 is 10.0 Å². The standard InChI is InChI=1S/C15H24N4O3S/c1-17-9-12(8-16-17)10-18-5-4-15-14(11-18)19(6-7-22-15)23(20,21)13-2-3-13/h8-9,13-15H,2-7,10-11H2,1H3/t14-,15-/m1/s1. The van der Waals surface area contributed by atoms with Crippen molar-refractivity contribution in [1.82, 2.24) is 19.0 Å². The van der Waals surface area contributed by atoms with Crippen LogP contribution in [0, 0.1) is 0 Å². The molecule has 8 heteroatoms. The summed E-state index contributed by atoms with van der Waals surface area (Å²) >= 11 is 0. The zero-order valence-corrected chi connectivity index (χ0v) is 14.3. The fourth-order valence-corrected chi connectivity index (χ4v) is 5.76. The molecule has 7 nitrogen and oxygen atoms in total. The van der Waals surface area contributed by atoms with Gasteiger partial charge in [0.15, 0.2) is 0 Å². The number of aromatic nitrogens is 2. The van der Waals surface area contributed by atoms with Crippen LogP contribution in [0.3, 0.4) is 0 Å². The Balaban J connectivity index is 1.49. The highest BCUT2D eigenvalue weighted by Gasteiger charge is 2.47. The van der Waals surface area contributed by atoms with Gasteiger partial charge in [0.1, 0.15) is 0 Å². The first-order chi connectivity index (χ1) is 11.0. The molecule has 1 aromatic heterocycles. The molecule has 3 aliphatic rings. The summed E-state index contributed by atoms with van der Waals surface area (Å²) in [6.45, 7) is 3.52. The van der Waals surface area contributed by atoms with E-state index in [1.54, 1.807) is 8.99 Å². The topological polar surface area (TPSA) is 67.7 Å². The number of hydrogen-bond acceptors (Lipinski definition) is 5. The van der Waals surface area contributed by atoms with E-state index in [0.717, 1.165) is 38.9 Å². The van der Waals surface area contributed by atoms with Gasteiger partial charge in [-0.3, -0.25) is 9.58 Å². The van der Waals surface area contributed by atoms with Gasteiger partial charge in [-0.05, 0) is 19.3 Å². The molecule has 2 aliphatic heterocycles. The number of likely N-dealkylation sites (tertiary alicyclic amines) is 1. The molecule has 128 valence electrons. The van der Waals surface area contributed by atoms with E-state index in [1.807, 2.05) is 19.4 Å². The van der Waals surface area contributed by atoms with Crippen molar-refractivity contribution in [3.05, 3.63) is 18.0 Å². The molecule has 3 fully saturated rings. The van der Waals surface area contributed by atoms with Gasteiger partial charge in [-0.25, -0.2) is 8.42 Å². The number of rotatable bonds is 4. The molecule has 0 amide bonds. The maximum Gasteiger partial charge on any atom is 0.217 e. The molecule has 0 bridgehead atoms. The SMILES string of the molecule is Cn1cc(CN2CC[C@H]3OCCN(S(=O)(=O)C4CC4)[C@@H]3C2)cn1. The first kappa shape index (κ1) is 15.6. The minimum absolute atomic E-state index is 0.0419. The molecule has 3 heterocycles. The molecule has 4 rings (SSSR count). The molecule has 2 atom stereocenters. The van der Waals surface area contributed by atoms with E-state index in [9.17, 15) is 8.42 Å². The van der Waals surface area contributed by atoms with Crippen LogP contribution in [0.4, 0.5) is 0 Å². The summed E-state index contributed by atoms with van der Waals surface area (Å²) in [5, 5.41) is 4.06. The Morgan fingerprint density at radius 1 is 1.30 bits per heavy atom. The normalized spacial score (nSPS) is 30.3. The summed E-state index contributed by atoms with van der Waals surface area (Å²) in [4.78, 5) is 2.32. The minimum Gasteiger partial charge on any atom is -0.375 e. The molecule has 0 aromatic carbocycles. The number of aryl methyl sites for hydroxylation is 1. The van der Waals surface area contributed by atoms with Gasteiger partial charge in [-0.2, -0.15) is 9.40 Å². The summed E-state index contributed by atoms with van der Waals surface area (Å²) in [6, 6.07) is -0.0419. The Morgan fingerprint density at radius 3 is 2.83 bits per heavy atom. The molecular formula is C15H24N4O3S. The monoisotopic (exact) mass is 340 g/mol. The minimum atomic E-state index is -3.14. The Morgan fingerprint density at radius 2 is 2.13 bits per heavy atom. The molecule has 0 unspecified atom stereocenters. The molecule has 23 heavy (non-hydrogen) atoms. The number of ether oxygens (including phenoxy) is 1. The number of nitrogens with zero attached hydrogens (tertiary/aromatic N) is 4. The number of morpholine rings is 1. The molecule has 0 N–H and O–H groups in total. The lowest BCUT2D eigenvalue weighted by Crippen LogP contribution is -2.61. The smallest absolute Gasteiger partial charge is 0.217 e. The van der Waals surface area contributed by atoms with Gasteiger partial charge >= 0.3 is 0 Å².